The van der Waals surface area contributed by atoms with E-state index in [2.05, 4.69) is 4.98 Å². The molecule has 0 spiro atoms. The molecule has 1 aromatic heterocycles. The number of methoxy groups -OCH3 is 1. The molecule has 0 amide bonds. The second-order valence-electron chi connectivity index (χ2n) is 3.67. The molecule has 0 atom stereocenters. The lowest BCUT2D eigenvalue weighted by atomic mass is 10.2. The first kappa shape index (κ1) is 11.5. The summed E-state index contributed by atoms with van der Waals surface area (Å²) in [5.41, 5.74) is 7.64. The Morgan fingerprint density at radius 3 is 2.76 bits per heavy atom. The van der Waals surface area contributed by atoms with Gasteiger partial charge >= 0.3 is 0 Å². The Balaban J connectivity index is 2.12. The van der Waals surface area contributed by atoms with Gasteiger partial charge in [-0.1, -0.05) is 6.07 Å². The first-order valence-corrected chi connectivity index (χ1v) is 5.45. The van der Waals surface area contributed by atoms with Crippen LogP contribution in [0.1, 0.15) is 11.3 Å². The number of hydrogen-bond donors (Lipinski definition) is 2. The number of aromatic amines is 1. The molecule has 0 aliphatic carbocycles. The van der Waals surface area contributed by atoms with Crippen molar-refractivity contribution in [1.82, 2.24) is 4.98 Å². The normalized spacial score (nSPS) is 10.2. The fourth-order valence-corrected chi connectivity index (χ4v) is 1.57. The van der Waals surface area contributed by atoms with E-state index in [-0.39, 0.29) is 0 Å². The summed E-state index contributed by atoms with van der Waals surface area (Å²) < 4.78 is 10.9. The first-order valence-electron chi connectivity index (χ1n) is 5.45. The van der Waals surface area contributed by atoms with E-state index in [1.54, 1.807) is 7.11 Å². The molecule has 1 heterocycles. The summed E-state index contributed by atoms with van der Waals surface area (Å²) in [5.74, 6) is 1.43. The highest BCUT2D eigenvalue weighted by molar-refractivity contribution is 5.43. The number of nitrogens with one attached hydrogen (secondary N) is 1. The van der Waals surface area contributed by atoms with Gasteiger partial charge in [0.25, 0.3) is 0 Å². The Morgan fingerprint density at radius 1 is 1.24 bits per heavy atom. The Morgan fingerprint density at radius 2 is 2.12 bits per heavy atom. The number of benzene rings is 1. The summed E-state index contributed by atoms with van der Waals surface area (Å²) in [6.07, 6.45) is 1.87. The lowest BCUT2D eigenvalue weighted by Gasteiger charge is -2.11. The van der Waals surface area contributed by atoms with E-state index in [0.29, 0.717) is 24.7 Å². The third-order valence-electron chi connectivity index (χ3n) is 2.51. The summed E-state index contributed by atoms with van der Waals surface area (Å²) >= 11 is 0. The van der Waals surface area contributed by atoms with Gasteiger partial charge in [0.15, 0.2) is 11.5 Å². The minimum Gasteiger partial charge on any atom is -0.493 e. The monoisotopic (exact) mass is 232 g/mol. The van der Waals surface area contributed by atoms with Crippen molar-refractivity contribution in [2.75, 3.05) is 7.11 Å². The first-order chi connectivity index (χ1) is 8.33. The minimum absolute atomic E-state index is 0.484. The maximum atomic E-state index is 5.70. The lowest BCUT2D eigenvalue weighted by Crippen LogP contribution is -2.01. The number of nitrogens with two attached hydrogens (primary N) is 1. The van der Waals surface area contributed by atoms with E-state index < -0.39 is 0 Å². The molecule has 0 bridgehead atoms. The Bertz CT molecular complexity index is 466. The minimum atomic E-state index is 0.484. The third-order valence-corrected chi connectivity index (χ3v) is 2.51. The van der Waals surface area contributed by atoms with Gasteiger partial charge in [0.1, 0.15) is 6.61 Å². The van der Waals surface area contributed by atoms with Crippen molar-refractivity contribution in [3.05, 3.63) is 47.8 Å². The fourth-order valence-electron chi connectivity index (χ4n) is 1.57. The topological polar surface area (TPSA) is 60.3 Å². The Labute approximate surface area is 100 Å². The molecule has 90 valence electrons. The number of aromatic nitrogens is 1. The van der Waals surface area contributed by atoms with Crippen LogP contribution >= 0.6 is 0 Å². The summed E-state index contributed by atoms with van der Waals surface area (Å²) in [7, 11) is 1.62. The molecule has 0 fully saturated rings. The molecular weight excluding hydrogens is 216 g/mol. The second-order valence-corrected chi connectivity index (χ2v) is 3.67. The van der Waals surface area contributed by atoms with Gasteiger partial charge in [-0.3, -0.25) is 0 Å². The molecule has 0 aliphatic heterocycles. The zero-order valence-electron chi connectivity index (χ0n) is 9.77. The molecule has 0 unspecified atom stereocenters. The van der Waals surface area contributed by atoms with Crippen molar-refractivity contribution < 1.29 is 9.47 Å². The van der Waals surface area contributed by atoms with Crippen LogP contribution in [0.4, 0.5) is 0 Å². The molecule has 1 aromatic carbocycles. The summed E-state index contributed by atoms with van der Waals surface area (Å²) in [6.45, 7) is 0.972. The molecule has 3 N–H and O–H groups in total. The average molecular weight is 232 g/mol. The van der Waals surface area contributed by atoms with E-state index in [1.807, 2.05) is 36.5 Å². The van der Waals surface area contributed by atoms with Crippen LogP contribution in [-0.2, 0) is 13.2 Å². The second kappa shape index (κ2) is 5.41. The van der Waals surface area contributed by atoms with Crippen LogP contribution in [0, 0.1) is 0 Å². The van der Waals surface area contributed by atoms with E-state index in [9.17, 15) is 0 Å². The average Bonchev–Trinajstić information content (AvgIpc) is 2.89. The van der Waals surface area contributed by atoms with Crippen molar-refractivity contribution in [3.8, 4) is 11.5 Å². The third kappa shape index (κ3) is 2.79. The molecule has 2 aromatic rings. The van der Waals surface area contributed by atoms with Gasteiger partial charge in [0.05, 0.1) is 12.8 Å². The van der Waals surface area contributed by atoms with Gasteiger partial charge in [0, 0.05) is 12.7 Å². The molecule has 0 saturated carbocycles. The number of ether oxygens (including phenoxy) is 2. The predicted octanol–water partition coefficient (Wildman–Crippen LogP) is 2.06. The van der Waals surface area contributed by atoms with E-state index in [4.69, 9.17) is 15.2 Å². The van der Waals surface area contributed by atoms with E-state index in [0.717, 1.165) is 11.3 Å². The highest BCUT2D eigenvalue weighted by atomic mass is 16.5. The summed E-state index contributed by atoms with van der Waals surface area (Å²) in [6, 6.07) is 9.61. The highest BCUT2D eigenvalue weighted by Gasteiger charge is 2.05. The molecule has 0 saturated heterocycles. The molecule has 0 aliphatic rings. The summed E-state index contributed by atoms with van der Waals surface area (Å²) in [4.78, 5) is 3.08. The van der Waals surface area contributed by atoms with Crippen LogP contribution in [0.15, 0.2) is 36.5 Å². The van der Waals surface area contributed by atoms with Gasteiger partial charge < -0.3 is 20.2 Å². The van der Waals surface area contributed by atoms with Crippen LogP contribution in [-0.4, -0.2) is 12.1 Å². The van der Waals surface area contributed by atoms with Crippen molar-refractivity contribution >= 4 is 0 Å². The molecule has 17 heavy (non-hydrogen) atoms. The SMILES string of the molecule is COc1ccc(CN)cc1OCc1ccc[nH]1. The molecule has 2 rings (SSSR count). The zero-order valence-corrected chi connectivity index (χ0v) is 9.77. The van der Waals surface area contributed by atoms with Crippen LogP contribution in [0.2, 0.25) is 0 Å². The van der Waals surface area contributed by atoms with Crippen molar-refractivity contribution in [2.24, 2.45) is 5.73 Å². The molecule has 4 nitrogen and oxygen atoms in total. The van der Waals surface area contributed by atoms with Crippen molar-refractivity contribution in [2.45, 2.75) is 13.2 Å². The molecule has 0 radical (unpaired) electrons. The quantitative estimate of drug-likeness (QED) is 0.829. The standard InChI is InChI=1S/C13H16N2O2/c1-16-12-5-4-10(8-14)7-13(12)17-9-11-3-2-6-15-11/h2-7,15H,8-9,14H2,1H3. The van der Waals surface area contributed by atoms with Crippen molar-refractivity contribution in [1.29, 1.82) is 0 Å². The van der Waals surface area contributed by atoms with Gasteiger partial charge in [-0.2, -0.15) is 0 Å². The Hall–Kier alpha value is -1.94. The highest BCUT2D eigenvalue weighted by Crippen LogP contribution is 2.28. The van der Waals surface area contributed by atoms with Crippen molar-refractivity contribution in [3.63, 3.8) is 0 Å². The summed E-state index contributed by atoms with van der Waals surface area (Å²) in [5, 5.41) is 0. The maximum Gasteiger partial charge on any atom is 0.162 e. The van der Waals surface area contributed by atoms with Crippen LogP contribution in [0.25, 0.3) is 0 Å². The maximum absolute atomic E-state index is 5.70. The van der Waals surface area contributed by atoms with Gasteiger partial charge in [-0.05, 0) is 29.8 Å². The van der Waals surface area contributed by atoms with Gasteiger partial charge in [-0.25, -0.2) is 0 Å². The smallest absolute Gasteiger partial charge is 0.162 e. The molecular formula is C13H16N2O2. The van der Waals surface area contributed by atoms with Crippen LogP contribution < -0.4 is 15.2 Å². The van der Waals surface area contributed by atoms with Gasteiger partial charge in [0.2, 0.25) is 0 Å². The van der Waals surface area contributed by atoms with Crippen LogP contribution in [0.5, 0.6) is 11.5 Å². The van der Waals surface area contributed by atoms with E-state index >= 15 is 0 Å². The van der Waals surface area contributed by atoms with Gasteiger partial charge in [-0.15, -0.1) is 0 Å². The molecule has 4 heteroatoms. The van der Waals surface area contributed by atoms with E-state index in [1.165, 1.54) is 0 Å². The zero-order chi connectivity index (χ0) is 12.1. The Kier molecular flexibility index (Phi) is 3.67. The number of H-pyrrole nitrogens is 1. The van der Waals surface area contributed by atoms with Crippen LogP contribution in [0.3, 0.4) is 0 Å². The predicted molar refractivity (Wildman–Crippen MR) is 66.0 cm³/mol. The number of hydrogen-bond acceptors (Lipinski definition) is 3. The number of rotatable bonds is 5. The fraction of sp³-hybridized carbons (Fsp3) is 0.231. The largest absolute Gasteiger partial charge is 0.493 e. The lowest BCUT2D eigenvalue weighted by molar-refractivity contribution is 0.281.